The normalized spacial score (nSPS) is 19.0. The van der Waals surface area contributed by atoms with Crippen molar-refractivity contribution in [1.29, 1.82) is 0 Å². The molecule has 3 N–H and O–H groups in total. The average molecular weight is 256 g/mol. The third-order valence-electron chi connectivity index (χ3n) is 3.77. The number of hydrogen-bond acceptors (Lipinski definition) is 3. The first-order valence-electron chi connectivity index (χ1n) is 6.66. The fourth-order valence-electron chi connectivity index (χ4n) is 2.50. The van der Waals surface area contributed by atoms with Crippen molar-refractivity contribution >= 4 is 11.9 Å². The Morgan fingerprint density at radius 3 is 2.28 bits per heavy atom. The van der Waals surface area contributed by atoms with Crippen molar-refractivity contribution in [2.24, 2.45) is 23.5 Å². The number of aliphatic carboxylic acids is 1. The maximum absolute atomic E-state index is 12.2. The number of likely N-dealkylation sites (tertiary alicyclic amines) is 1. The Morgan fingerprint density at radius 1 is 1.33 bits per heavy atom. The van der Waals surface area contributed by atoms with Gasteiger partial charge in [-0.3, -0.25) is 9.59 Å². The molecule has 1 amide bonds. The fourth-order valence-corrected chi connectivity index (χ4v) is 2.50. The van der Waals surface area contributed by atoms with Gasteiger partial charge in [0.1, 0.15) is 0 Å². The number of amides is 1. The second kappa shape index (κ2) is 6.73. The van der Waals surface area contributed by atoms with Gasteiger partial charge in [-0.25, -0.2) is 0 Å². The average Bonchev–Trinajstić information content (AvgIpc) is 2.29. The van der Waals surface area contributed by atoms with Gasteiger partial charge in [-0.15, -0.1) is 0 Å². The van der Waals surface area contributed by atoms with E-state index in [1.165, 1.54) is 0 Å². The zero-order valence-electron chi connectivity index (χ0n) is 11.3. The van der Waals surface area contributed by atoms with Gasteiger partial charge in [-0.2, -0.15) is 0 Å². The van der Waals surface area contributed by atoms with Gasteiger partial charge in [0, 0.05) is 26.1 Å². The van der Waals surface area contributed by atoms with Gasteiger partial charge in [0.15, 0.2) is 0 Å². The molecule has 0 bridgehead atoms. The van der Waals surface area contributed by atoms with Crippen LogP contribution < -0.4 is 5.73 Å². The van der Waals surface area contributed by atoms with E-state index in [0.717, 1.165) is 12.8 Å². The van der Waals surface area contributed by atoms with Gasteiger partial charge in [0.05, 0.1) is 5.92 Å². The maximum Gasteiger partial charge on any atom is 0.303 e. The molecule has 0 radical (unpaired) electrons. The minimum Gasteiger partial charge on any atom is -0.481 e. The molecule has 104 valence electrons. The number of carboxylic acid groups (broad SMARTS) is 1. The van der Waals surface area contributed by atoms with Crippen LogP contribution >= 0.6 is 0 Å². The van der Waals surface area contributed by atoms with Crippen LogP contribution in [0.4, 0.5) is 0 Å². The largest absolute Gasteiger partial charge is 0.481 e. The summed E-state index contributed by atoms with van der Waals surface area (Å²) in [5.74, 6) is -0.273. The van der Waals surface area contributed by atoms with Crippen LogP contribution in [0, 0.1) is 17.8 Å². The molecule has 18 heavy (non-hydrogen) atoms. The van der Waals surface area contributed by atoms with Gasteiger partial charge < -0.3 is 15.7 Å². The number of carboxylic acids is 1. The number of piperidine rings is 1. The molecule has 0 spiro atoms. The molecule has 0 aliphatic carbocycles. The van der Waals surface area contributed by atoms with Gasteiger partial charge >= 0.3 is 5.97 Å². The van der Waals surface area contributed by atoms with E-state index in [1.807, 2.05) is 18.7 Å². The summed E-state index contributed by atoms with van der Waals surface area (Å²) in [5, 5.41) is 8.74. The van der Waals surface area contributed by atoms with Crippen molar-refractivity contribution in [3.05, 3.63) is 0 Å². The molecule has 1 saturated heterocycles. The Labute approximate surface area is 108 Å². The van der Waals surface area contributed by atoms with Crippen LogP contribution in [0.25, 0.3) is 0 Å². The number of nitrogens with zero attached hydrogens (tertiary/aromatic N) is 1. The quantitative estimate of drug-likeness (QED) is 0.766. The number of carbonyl (C=O) groups is 2. The summed E-state index contributed by atoms with van der Waals surface area (Å²) in [5.41, 5.74) is 5.65. The van der Waals surface area contributed by atoms with Crippen molar-refractivity contribution in [3.8, 4) is 0 Å². The van der Waals surface area contributed by atoms with Crippen molar-refractivity contribution in [1.82, 2.24) is 4.90 Å². The maximum atomic E-state index is 12.2. The highest BCUT2D eigenvalue weighted by molar-refractivity contribution is 5.79. The summed E-state index contributed by atoms with van der Waals surface area (Å²) in [6, 6.07) is 0. The summed E-state index contributed by atoms with van der Waals surface area (Å²) >= 11 is 0. The van der Waals surface area contributed by atoms with Gasteiger partial charge in [-0.1, -0.05) is 13.8 Å². The lowest BCUT2D eigenvalue weighted by Crippen LogP contribution is -2.45. The number of hydrogen-bond donors (Lipinski definition) is 2. The molecule has 0 aromatic heterocycles. The second-order valence-electron chi connectivity index (χ2n) is 5.45. The molecule has 1 heterocycles. The Balaban J connectivity index is 2.47. The van der Waals surface area contributed by atoms with Crippen molar-refractivity contribution in [2.75, 3.05) is 19.6 Å². The molecule has 0 aromatic rings. The Hall–Kier alpha value is -1.10. The minimum atomic E-state index is -0.748. The molecule has 1 rings (SSSR count). The zero-order chi connectivity index (χ0) is 13.7. The molecular formula is C13H24N2O3. The number of carbonyl (C=O) groups excluding carboxylic acids is 1. The third kappa shape index (κ3) is 3.98. The van der Waals surface area contributed by atoms with Crippen LogP contribution in [0.5, 0.6) is 0 Å². The van der Waals surface area contributed by atoms with Gasteiger partial charge in [-0.05, 0) is 24.7 Å². The number of nitrogens with two attached hydrogens (primary N) is 1. The van der Waals surface area contributed by atoms with Crippen molar-refractivity contribution < 1.29 is 14.7 Å². The Bertz CT molecular complexity index is 297. The van der Waals surface area contributed by atoms with Gasteiger partial charge in [0.25, 0.3) is 0 Å². The van der Waals surface area contributed by atoms with E-state index in [0.29, 0.717) is 19.6 Å². The van der Waals surface area contributed by atoms with Gasteiger partial charge in [0.2, 0.25) is 5.91 Å². The molecule has 5 nitrogen and oxygen atoms in total. The predicted octanol–water partition coefficient (Wildman–Crippen LogP) is 0.931. The lowest BCUT2D eigenvalue weighted by Gasteiger charge is -2.34. The summed E-state index contributed by atoms with van der Waals surface area (Å²) in [6.07, 6.45) is 1.79. The lowest BCUT2D eigenvalue weighted by molar-refractivity contribution is -0.139. The molecule has 0 aromatic carbocycles. The van der Waals surface area contributed by atoms with Crippen LogP contribution in [0.15, 0.2) is 0 Å². The van der Waals surface area contributed by atoms with Crippen LogP contribution in [0.2, 0.25) is 0 Å². The topological polar surface area (TPSA) is 83.6 Å². The molecule has 1 atom stereocenters. The van der Waals surface area contributed by atoms with E-state index in [-0.39, 0.29) is 30.1 Å². The van der Waals surface area contributed by atoms with E-state index in [2.05, 4.69) is 0 Å². The Kier molecular flexibility index (Phi) is 5.59. The summed E-state index contributed by atoms with van der Waals surface area (Å²) in [7, 11) is 0. The molecule has 1 unspecified atom stereocenters. The monoisotopic (exact) mass is 256 g/mol. The first-order valence-corrected chi connectivity index (χ1v) is 6.66. The molecule has 1 fully saturated rings. The number of rotatable bonds is 5. The fraction of sp³-hybridized carbons (Fsp3) is 0.846. The molecule has 1 aliphatic rings. The van der Waals surface area contributed by atoms with Crippen LogP contribution in [0.3, 0.4) is 0 Å². The first kappa shape index (κ1) is 15.0. The highest BCUT2D eigenvalue weighted by Crippen LogP contribution is 2.23. The summed E-state index contributed by atoms with van der Waals surface area (Å²) < 4.78 is 0. The standard InChI is InChI=1S/C13H24N2O3/c1-9(2)11(8-14)13(18)15-5-3-10(4-6-15)7-12(16)17/h9-11H,3-8,14H2,1-2H3,(H,16,17). The molecular weight excluding hydrogens is 232 g/mol. The highest BCUT2D eigenvalue weighted by Gasteiger charge is 2.29. The molecule has 1 aliphatic heterocycles. The predicted molar refractivity (Wildman–Crippen MR) is 68.9 cm³/mol. The van der Waals surface area contributed by atoms with E-state index in [4.69, 9.17) is 10.8 Å². The van der Waals surface area contributed by atoms with Crippen molar-refractivity contribution in [2.45, 2.75) is 33.1 Å². The highest BCUT2D eigenvalue weighted by atomic mass is 16.4. The van der Waals surface area contributed by atoms with Crippen LogP contribution in [0.1, 0.15) is 33.1 Å². The SMILES string of the molecule is CC(C)C(CN)C(=O)N1CCC(CC(=O)O)CC1. The first-order chi connectivity index (χ1) is 8.45. The minimum absolute atomic E-state index is 0.110. The smallest absolute Gasteiger partial charge is 0.303 e. The summed E-state index contributed by atoms with van der Waals surface area (Å²) in [4.78, 5) is 24.7. The van der Waals surface area contributed by atoms with E-state index in [1.54, 1.807) is 0 Å². The van der Waals surface area contributed by atoms with Crippen molar-refractivity contribution in [3.63, 3.8) is 0 Å². The zero-order valence-corrected chi connectivity index (χ0v) is 11.3. The second-order valence-corrected chi connectivity index (χ2v) is 5.45. The van der Waals surface area contributed by atoms with Crippen LogP contribution in [-0.2, 0) is 9.59 Å². The summed E-state index contributed by atoms with van der Waals surface area (Å²) in [6.45, 7) is 5.73. The third-order valence-corrected chi connectivity index (χ3v) is 3.77. The lowest BCUT2D eigenvalue weighted by atomic mass is 9.90. The van der Waals surface area contributed by atoms with E-state index in [9.17, 15) is 9.59 Å². The molecule has 5 heteroatoms. The van der Waals surface area contributed by atoms with Crippen LogP contribution in [-0.4, -0.2) is 41.5 Å². The van der Waals surface area contributed by atoms with E-state index < -0.39 is 5.97 Å². The molecule has 0 saturated carbocycles. The Morgan fingerprint density at radius 2 is 1.89 bits per heavy atom. The van der Waals surface area contributed by atoms with E-state index >= 15 is 0 Å².